The van der Waals surface area contributed by atoms with Gasteiger partial charge in [-0.25, -0.2) is 4.57 Å². The topological polar surface area (TPSA) is 94.1 Å². The molecule has 0 aliphatic carbocycles. The van der Waals surface area contributed by atoms with Crippen molar-refractivity contribution in [3.63, 3.8) is 0 Å². The van der Waals surface area contributed by atoms with E-state index in [1.165, 1.54) is 77.0 Å². The number of hydrogen-bond acceptors (Lipinski definition) is 6. The van der Waals surface area contributed by atoms with Crippen LogP contribution in [0.1, 0.15) is 107 Å². The Bertz CT molecular complexity index is 891. The van der Waals surface area contributed by atoms with Gasteiger partial charge in [-0.2, -0.15) is 0 Å². The Labute approximate surface area is 262 Å². The molecular weight excluding hydrogens is 563 g/mol. The van der Waals surface area contributed by atoms with Crippen LogP contribution in [-0.2, 0) is 18.3 Å². The quantitative estimate of drug-likeness (QED) is 0.0309. The maximum absolute atomic E-state index is 12.6. The summed E-state index contributed by atoms with van der Waals surface area (Å²) in [7, 11) is 1.67. The van der Waals surface area contributed by atoms with Crippen molar-refractivity contribution in [2.45, 2.75) is 103 Å². The predicted molar refractivity (Wildman–Crippen MR) is 177 cm³/mol. The average Bonchev–Trinajstić information content (AvgIpc) is 2.95. The van der Waals surface area contributed by atoms with Crippen LogP contribution in [0.15, 0.2) is 42.5 Å². The molecule has 2 N–H and O–H groups in total. The van der Waals surface area contributed by atoms with Crippen molar-refractivity contribution in [2.24, 2.45) is 0 Å². The van der Waals surface area contributed by atoms with Crippen molar-refractivity contribution in [3.8, 4) is 0 Å². The van der Waals surface area contributed by atoms with E-state index in [4.69, 9.17) is 13.8 Å². The summed E-state index contributed by atoms with van der Waals surface area (Å²) >= 11 is 0. The number of nitrogens with one attached hydrogen (secondary N) is 1. The lowest BCUT2D eigenvalue weighted by molar-refractivity contribution is -0.870. The van der Waals surface area contributed by atoms with Gasteiger partial charge in [0.1, 0.15) is 19.3 Å². The molecule has 0 spiro atoms. The van der Waals surface area contributed by atoms with E-state index in [0.717, 1.165) is 12.8 Å². The highest BCUT2D eigenvalue weighted by atomic mass is 31.2. The Kier molecular flexibility index (Phi) is 22.9. The third-order valence-electron chi connectivity index (χ3n) is 7.16. The van der Waals surface area contributed by atoms with Crippen LogP contribution < -0.4 is 5.32 Å². The molecule has 9 heteroatoms. The fourth-order valence-corrected chi connectivity index (χ4v) is 5.40. The largest absolute Gasteiger partial charge is 0.472 e. The number of phosphoric ester groups is 1. The van der Waals surface area contributed by atoms with Gasteiger partial charge >= 0.3 is 7.82 Å². The van der Waals surface area contributed by atoms with E-state index in [1.807, 2.05) is 39.3 Å². The molecule has 0 radical (unpaired) electrons. The lowest BCUT2D eigenvalue weighted by Gasteiger charge is -2.25. The zero-order valence-corrected chi connectivity index (χ0v) is 28.5. The summed E-state index contributed by atoms with van der Waals surface area (Å²) in [6.45, 7) is 3.90. The Hall–Kier alpha value is -1.38. The molecular formula is C34H62N2O6P+. The molecule has 1 aromatic rings. The summed E-state index contributed by atoms with van der Waals surface area (Å²) in [4.78, 5) is 22.7. The third kappa shape index (κ3) is 24.6. The molecule has 0 amide bonds. The summed E-state index contributed by atoms with van der Waals surface area (Å²) < 4.78 is 29.6. The third-order valence-corrected chi connectivity index (χ3v) is 8.23. The van der Waals surface area contributed by atoms with Crippen LogP contribution in [0, 0.1) is 0 Å². The van der Waals surface area contributed by atoms with Crippen molar-refractivity contribution in [3.05, 3.63) is 48.0 Å². The minimum absolute atomic E-state index is 0.0594. The maximum atomic E-state index is 12.6. The Balaban J connectivity index is 2.24. The van der Waals surface area contributed by atoms with Crippen molar-refractivity contribution < 1.29 is 32.5 Å². The fourth-order valence-electron chi connectivity index (χ4n) is 4.51. The van der Waals surface area contributed by atoms with Gasteiger partial charge < -0.3 is 19.4 Å². The molecule has 248 valence electrons. The van der Waals surface area contributed by atoms with E-state index in [2.05, 4.69) is 24.4 Å². The van der Waals surface area contributed by atoms with Gasteiger partial charge in [-0.3, -0.25) is 13.8 Å². The maximum Gasteiger partial charge on any atom is 0.472 e. The Morgan fingerprint density at radius 2 is 1.47 bits per heavy atom. The van der Waals surface area contributed by atoms with E-state index in [1.54, 1.807) is 12.1 Å². The Morgan fingerprint density at radius 1 is 0.884 bits per heavy atom. The van der Waals surface area contributed by atoms with E-state index >= 15 is 0 Å². The van der Waals surface area contributed by atoms with Crippen LogP contribution in [0.2, 0.25) is 0 Å². The molecule has 0 saturated heterocycles. The second kappa shape index (κ2) is 24.9. The molecule has 1 aromatic carbocycles. The van der Waals surface area contributed by atoms with Gasteiger partial charge in [0, 0.05) is 18.7 Å². The van der Waals surface area contributed by atoms with Gasteiger partial charge in [0.05, 0.1) is 34.3 Å². The number of nitrogens with zero attached hydrogens (tertiary/aromatic N) is 1. The summed E-state index contributed by atoms with van der Waals surface area (Å²) in [5, 5.41) is 3.05. The molecule has 0 aliphatic rings. The summed E-state index contributed by atoms with van der Waals surface area (Å²) in [5.41, 5.74) is 0.611. The highest BCUT2D eigenvalue weighted by molar-refractivity contribution is 7.47. The number of ether oxygens (including phenoxy) is 1. The van der Waals surface area contributed by atoms with Gasteiger partial charge in [0.15, 0.2) is 5.78 Å². The number of carbonyl (C=O) groups is 1. The first-order chi connectivity index (χ1) is 20.6. The number of quaternary nitrogens is 1. The number of hydrogen-bond donors (Lipinski definition) is 2. The first kappa shape index (κ1) is 39.6. The van der Waals surface area contributed by atoms with Crippen molar-refractivity contribution in [2.75, 3.05) is 60.6 Å². The van der Waals surface area contributed by atoms with Gasteiger partial charge in [0.25, 0.3) is 0 Å². The lowest BCUT2D eigenvalue weighted by atomic mass is 10.1. The van der Waals surface area contributed by atoms with Gasteiger partial charge in [-0.1, -0.05) is 107 Å². The highest BCUT2D eigenvalue weighted by Crippen LogP contribution is 2.44. The van der Waals surface area contributed by atoms with E-state index in [-0.39, 0.29) is 32.1 Å². The first-order valence-corrected chi connectivity index (χ1v) is 18.1. The molecule has 0 bridgehead atoms. The zero-order valence-electron chi connectivity index (χ0n) is 27.6. The zero-order chi connectivity index (χ0) is 31.7. The Morgan fingerprint density at radius 3 is 2.07 bits per heavy atom. The minimum Gasteiger partial charge on any atom is -0.379 e. The SMILES string of the molecule is CCCCCCCC/C=C\CCCCCCCCOCC(CNCC(=O)c1ccccc1)OP(=O)(O)OCC[N+](C)(C)C. The second-order valence-corrected chi connectivity index (χ2v) is 13.9. The molecule has 0 aliphatic heterocycles. The van der Waals surface area contributed by atoms with Crippen LogP contribution in [0.5, 0.6) is 0 Å². The number of allylic oxidation sites excluding steroid dienone is 2. The number of ketones is 1. The molecule has 1 rings (SSSR count). The normalized spacial score (nSPS) is 14.3. The average molecular weight is 626 g/mol. The molecule has 0 saturated carbocycles. The number of Topliss-reactive ketones (excluding diaryl/α,β-unsaturated/α-hetero) is 1. The number of benzene rings is 1. The van der Waals surface area contributed by atoms with E-state index in [0.29, 0.717) is 23.2 Å². The van der Waals surface area contributed by atoms with Gasteiger partial charge in [-0.15, -0.1) is 0 Å². The molecule has 43 heavy (non-hydrogen) atoms. The number of unbranched alkanes of at least 4 members (excludes halogenated alkanes) is 12. The number of rotatable bonds is 29. The molecule has 2 atom stereocenters. The van der Waals surface area contributed by atoms with E-state index < -0.39 is 13.9 Å². The first-order valence-electron chi connectivity index (χ1n) is 16.6. The summed E-state index contributed by atoms with van der Waals surface area (Å²) in [6, 6.07) is 9.02. The van der Waals surface area contributed by atoms with Crippen LogP contribution in [-0.4, -0.2) is 81.9 Å². The van der Waals surface area contributed by atoms with Crippen molar-refractivity contribution in [1.29, 1.82) is 0 Å². The van der Waals surface area contributed by atoms with Crippen LogP contribution in [0.25, 0.3) is 0 Å². The molecule has 0 aromatic heterocycles. The molecule has 0 heterocycles. The smallest absolute Gasteiger partial charge is 0.379 e. The van der Waals surface area contributed by atoms with Crippen molar-refractivity contribution >= 4 is 13.6 Å². The number of carbonyl (C=O) groups excluding carboxylic acids is 1. The summed E-state index contributed by atoms with van der Waals surface area (Å²) in [5.74, 6) is -0.0594. The number of phosphoric acid groups is 1. The van der Waals surface area contributed by atoms with Crippen LogP contribution in [0.4, 0.5) is 0 Å². The highest BCUT2D eigenvalue weighted by Gasteiger charge is 2.28. The fraction of sp³-hybridized carbons (Fsp3) is 0.735. The minimum atomic E-state index is -4.27. The predicted octanol–water partition coefficient (Wildman–Crippen LogP) is 7.72. The lowest BCUT2D eigenvalue weighted by Crippen LogP contribution is -2.38. The van der Waals surface area contributed by atoms with Gasteiger partial charge in [0.2, 0.25) is 0 Å². The second-order valence-electron chi connectivity index (χ2n) is 12.5. The molecule has 0 fully saturated rings. The molecule has 8 nitrogen and oxygen atoms in total. The number of likely N-dealkylation sites (N-methyl/N-ethyl adjacent to an activating group) is 1. The molecule has 2 unspecified atom stereocenters. The summed E-state index contributed by atoms with van der Waals surface area (Å²) in [6.07, 6.45) is 21.5. The van der Waals surface area contributed by atoms with Crippen LogP contribution in [0.3, 0.4) is 0 Å². The van der Waals surface area contributed by atoms with Crippen LogP contribution >= 0.6 is 7.82 Å². The van der Waals surface area contributed by atoms with E-state index in [9.17, 15) is 14.3 Å². The van der Waals surface area contributed by atoms with Crippen molar-refractivity contribution in [1.82, 2.24) is 5.32 Å². The standard InChI is InChI=1S/C34H61N2O6P/c1-5-6-7-8-9-10-11-12-13-14-15-16-17-18-19-23-27-40-31-33(42-43(38,39)41-28-26-36(2,3)4)29-35-30-34(37)32-24-21-20-22-25-32/h12-13,20-22,24-25,33,35H,5-11,14-19,23,26-31H2,1-4H3/p+1/b13-12-. The monoisotopic (exact) mass is 625 g/mol. The van der Waals surface area contributed by atoms with Gasteiger partial charge in [-0.05, 0) is 32.1 Å².